The van der Waals surface area contributed by atoms with Crippen molar-refractivity contribution in [2.45, 2.75) is 12.8 Å². The first-order chi connectivity index (χ1) is 7.74. The second-order valence-electron chi connectivity index (χ2n) is 3.37. The van der Waals surface area contributed by atoms with Crippen LogP contribution in [0.25, 0.3) is 11.3 Å². The van der Waals surface area contributed by atoms with Crippen LogP contribution in [0.2, 0.25) is 0 Å². The van der Waals surface area contributed by atoms with Crippen LogP contribution in [0, 0.1) is 6.92 Å². The molecule has 0 bridgehead atoms. The highest BCUT2D eigenvalue weighted by molar-refractivity contribution is 7.12. The Kier molecular flexibility index (Phi) is 3.46. The number of nitrogens with zero attached hydrogens (tertiary/aromatic N) is 1. The summed E-state index contributed by atoms with van der Waals surface area (Å²) in [7, 11) is 1.66. The molecule has 0 fully saturated rings. The largest absolute Gasteiger partial charge is 0.497 e. The molecule has 0 aliphatic carbocycles. The van der Waals surface area contributed by atoms with Crippen molar-refractivity contribution in [3.8, 4) is 17.0 Å². The zero-order valence-electron chi connectivity index (χ0n) is 9.16. The number of aryl methyl sites for hydroxylation is 1. The first-order valence-electron chi connectivity index (χ1n) is 4.91. The molecule has 0 N–H and O–H groups in total. The van der Waals surface area contributed by atoms with Gasteiger partial charge in [0.15, 0.2) is 0 Å². The Morgan fingerprint density at radius 2 is 2.00 bits per heavy atom. The van der Waals surface area contributed by atoms with Crippen LogP contribution in [-0.2, 0) is 5.88 Å². The minimum atomic E-state index is 0.507. The fourth-order valence-corrected chi connectivity index (χ4v) is 2.63. The van der Waals surface area contributed by atoms with Gasteiger partial charge in [-0.25, -0.2) is 4.98 Å². The molecule has 2 rings (SSSR count). The topological polar surface area (TPSA) is 22.1 Å². The standard InChI is InChI=1S/C12H12ClNOS/c1-8-14-12(11(7-13)16-8)9-3-5-10(15-2)6-4-9/h3-6H,7H2,1-2H3. The molecule has 1 heterocycles. The molecule has 0 spiro atoms. The number of rotatable bonds is 3. The molecule has 1 aromatic heterocycles. The van der Waals surface area contributed by atoms with Gasteiger partial charge in [0, 0.05) is 10.4 Å². The van der Waals surface area contributed by atoms with Gasteiger partial charge in [0.25, 0.3) is 0 Å². The summed E-state index contributed by atoms with van der Waals surface area (Å²) in [5.41, 5.74) is 2.07. The Morgan fingerprint density at radius 1 is 1.31 bits per heavy atom. The molecular weight excluding hydrogens is 242 g/mol. The van der Waals surface area contributed by atoms with E-state index in [9.17, 15) is 0 Å². The summed E-state index contributed by atoms with van der Waals surface area (Å²) in [4.78, 5) is 5.62. The van der Waals surface area contributed by atoms with Gasteiger partial charge in [0.2, 0.25) is 0 Å². The van der Waals surface area contributed by atoms with Gasteiger partial charge in [-0.2, -0.15) is 0 Å². The van der Waals surface area contributed by atoms with Crippen molar-refractivity contribution in [3.05, 3.63) is 34.2 Å². The molecule has 0 amide bonds. The number of benzene rings is 1. The molecule has 0 radical (unpaired) electrons. The summed E-state index contributed by atoms with van der Waals surface area (Å²) in [5.74, 6) is 1.36. The van der Waals surface area contributed by atoms with Crippen LogP contribution in [0.1, 0.15) is 9.88 Å². The maximum atomic E-state index is 5.90. The Labute approximate surface area is 104 Å². The summed E-state index contributed by atoms with van der Waals surface area (Å²) in [6.07, 6.45) is 0. The molecule has 1 aromatic carbocycles. The van der Waals surface area contributed by atoms with Gasteiger partial charge in [-0.1, -0.05) is 0 Å². The molecule has 84 valence electrons. The normalized spacial score (nSPS) is 10.4. The van der Waals surface area contributed by atoms with Crippen LogP contribution in [0.3, 0.4) is 0 Å². The summed E-state index contributed by atoms with van der Waals surface area (Å²) in [5, 5.41) is 1.04. The second-order valence-corrected chi connectivity index (χ2v) is 4.92. The number of aromatic nitrogens is 1. The number of halogens is 1. The number of hydrogen-bond acceptors (Lipinski definition) is 3. The van der Waals surface area contributed by atoms with E-state index in [1.54, 1.807) is 18.4 Å². The fourth-order valence-electron chi connectivity index (χ4n) is 1.53. The fraction of sp³-hybridized carbons (Fsp3) is 0.250. The van der Waals surface area contributed by atoms with Gasteiger partial charge >= 0.3 is 0 Å². The zero-order valence-corrected chi connectivity index (χ0v) is 10.7. The minimum Gasteiger partial charge on any atom is -0.497 e. The van der Waals surface area contributed by atoms with Gasteiger partial charge in [-0.3, -0.25) is 0 Å². The molecule has 2 nitrogen and oxygen atoms in total. The van der Waals surface area contributed by atoms with E-state index in [0.717, 1.165) is 26.9 Å². The van der Waals surface area contributed by atoms with Crippen LogP contribution in [0.5, 0.6) is 5.75 Å². The van der Waals surface area contributed by atoms with Crippen LogP contribution in [-0.4, -0.2) is 12.1 Å². The molecule has 16 heavy (non-hydrogen) atoms. The lowest BCUT2D eigenvalue weighted by atomic mass is 10.1. The molecule has 2 aromatic rings. The molecule has 0 saturated carbocycles. The van der Waals surface area contributed by atoms with Crippen molar-refractivity contribution in [3.63, 3.8) is 0 Å². The van der Waals surface area contributed by atoms with E-state index in [4.69, 9.17) is 16.3 Å². The van der Waals surface area contributed by atoms with Crippen LogP contribution < -0.4 is 4.74 Å². The third kappa shape index (κ3) is 2.20. The van der Waals surface area contributed by atoms with Gasteiger partial charge < -0.3 is 4.74 Å². The molecule has 0 unspecified atom stereocenters. The van der Waals surface area contributed by atoms with Crippen molar-refractivity contribution in [2.75, 3.05) is 7.11 Å². The number of hydrogen-bond donors (Lipinski definition) is 0. The molecule has 0 aliphatic rings. The first-order valence-corrected chi connectivity index (χ1v) is 6.26. The predicted molar refractivity (Wildman–Crippen MR) is 68.4 cm³/mol. The summed E-state index contributed by atoms with van der Waals surface area (Å²) >= 11 is 7.54. The van der Waals surface area contributed by atoms with E-state index < -0.39 is 0 Å². The monoisotopic (exact) mass is 253 g/mol. The highest BCUT2D eigenvalue weighted by Crippen LogP contribution is 2.30. The van der Waals surface area contributed by atoms with Crippen molar-refractivity contribution < 1.29 is 4.74 Å². The lowest BCUT2D eigenvalue weighted by Gasteiger charge is -2.02. The van der Waals surface area contributed by atoms with Gasteiger partial charge in [-0.15, -0.1) is 22.9 Å². The van der Waals surface area contributed by atoms with Crippen LogP contribution in [0.15, 0.2) is 24.3 Å². The smallest absolute Gasteiger partial charge is 0.118 e. The van der Waals surface area contributed by atoms with Gasteiger partial charge in [0.05, 0.1) is 23.7 Å². The third-order valence-electron chi connectivity index (χ3n) is 2.29. The SMILES string of the molecule is COc1ccc(-c2nc(C)sc2CCl)cc1. The average molecular weight is 254 g/mol. The summed E-state index contributed by atoms with van der Waals surface area (Å²) in [6.45, 7) is 1.99. The van der Waals surface area contributed by atoms with Gasteiger partial charge in [-0.05, 0) is 31.2 Å². The van der Waals surface area contributed by atoms with Crippen LogP contribution >= 0.6 is 22.9 Å². The lowest BCUT2D eigenvalue weighted by molar-refractivity contribution is 0.415. The molecule has 0 atom stereocenters. The quantitative estimate of drug-likeness (QED) is 0.775. The average Bonchev–Trinajstić information content (AvgIpc) is 2.70. The Hall–Kier alpha value is -1.06. The zero-order chi connectivity index (χ0) is 11.5. The van der Waals surface area contributed by atoms with Crippen LogP contribution in [0.4, 0.5) is 0 Å². The predicted octanol–water partition coefficient (Wildman–Crippen LogP) is 3.87. The number of thiazole rings is 1. The molecule has 4 heteroatoms. The minimum absolute atomic E-state index is 0.507. The molecule has 0 saturated heterocycles. The van der Waals surface area contributed by atoms with E-state index in [0.29, 0.717) is 5.88 Å². The van der Waals surface area contributed by atoms with E-state index >= 15 is 0 Å². The van der Waals surface area contributed by atoms with E-state index in [1.807, 2.05) is 31.2 Å². The van der Waals surface area contributed by atoms with Crippen molar-refractivity contribution >= 4 is 22.9 Å². The molecular formula is C12H12ClNOS. The van der Waals surface area contributed by atoms with E-state index in [2.05, 4.69) is 4.98 Å². The number of ether oxygens (including phenoxy) is 1. The van der Waals surface area contributed by atoms with E-state index in [-0.39, 0.29) is 0 Å². The Bertz CT molecular complexity index is 478. The highest BCUT2D eigenvalue weighted by atomic mass is 35.5. The Balaban J connectivity index is 2.41. The van der Waals surface area contributed by atoms with E-state index in [1.165, 1.54) is 0 Å². The summed E-state index contributed by atoms with van der Waals surface area (Å²) < 4.78 is 5.12. The first kappa shape index (κ1) is 11.4. The second kappa shape index (κ2) is 4.85. The van der Waals surface area contributed by atoms with Crippen molar-refractivity contribution in [1.82, 2.24) is 4.98 Å². The van der Waals surface area contributed by atoms with Gasteiger partial charge in [0.1, 0.15) is 5.75 Å². The highest BCUT2D eigenvalue weighted by Gasteiger charge is 2.10. The summed E-state index contributed by atoms with van der Waals surface area (Å²) in [6, 6.07) is 7.87. The Morgan fingerprint density at radius 3 is 2.56 bits per heavy atom. The number of methoxy groups -OCH3 is 1. The lowest BCUT2D eigenvalue weighted by Crippen LogP contribution is -1.85. The van der Waals surface area contributed by atoms with Crippen molar-refractivity contribution in [1.29, 1.82) is 0 Å². The van der Waals surface area contributed by atoms with Crippen molar-refractivity contribution in [2.24, 2.45) is 0 Å². The third-order valence-corrected chi connectivity index (χ3v) is 3.69. The molecule has 0 aliphatic heterocycles. The number of alkyl halides is 1. The maximum absolute atomic E-state index is 5.90. The maximum Gasteiger partial charge on any atom is 0.118 e.